The van der Waals surface area contributed by atoms with Gasteiger partial charge in [-0.3, -0.25) is 4.79 Å². The smallest absolute Gasteiger partial charge is 0.323 e. The number of ether oxygens (including phenoxy) is 1. The monoisotopic (exact) mass is 525 g/mol. The van der Waals surface area contributed by atoms with Crippen LogP contribution in [0.3, 0.4) is 0 Å². The summed E-state index contributed by atoms with van der Waals surface area (Å²) in [6.45, 7) is 8.55. The molecule has 0 atom stereocenters. The molecule has 0 bridgehead atoms. The molecule has 1 aliphatic rings. The molecule has 5 rings (SSSR count). The quantitative estimate of drug-likeness (QED) is 0.269. The van der Waals surface area contributed by atoms with E-state index in [4.69, 9.17) is 4.74 Å². The van der Waals surface area contributed by atoms with E-state index < -0.39 is 0 Å². The van der Waals surface area contributed by atoms with Crippen LogP contribution in [-0.4, -0.2) is 53.2 Å². The van der Waals surface area contributed by atoms with Crippen molar-refractivity contribution >= 4 is 45.9 Å². The lowest BCUT2D eigenvalue weighted by molar-refractivity contribution is -0.111. The van der Waals surface area contributed by atoms with E-state index in [1.54, 1.807) is 37.5 Å². The number of rotatable bonds is 5. The highest BCUT2D eigenvalue weighted by molar-refractivity contribution is 6.04. The molecule has 3 amide bonds. The van der Waals surface area contributed by atoms with E-state index in [0.717, 1.165) is 41.2 Å². The number of nitrogens with zero attached hydrogens (tertiary/aromatic N) is 3. The van der Waals surface area contributed by atoms with Gasteiger partial charge in [-0.25, -0.2) is 14.8 Å². The molecular formula is C29H31N7O3. The van der Waals surface area contributed by atoms with E-state index in [2.05, 4.69) is 53.7 Å². The molecule has 1 saturated heterocycles. The van der Waals surface area contributed by atoms with Gasteiger partial charge in [0.1, 0.15) is 17.8 Å². The van der Waals surface area contributed by atoms with Gasteiger partial charge in [0, 0.05) is 35.8 Å². The number of urea groups is 1. The molecule has 2 aromatic carbocycles. The second-order valence-corrected chi connectivity index (χ2v) is 8.30. The van der Waals surface area contributed by atoms with Crippen LogP contribution in [0.2, 0.25) is 0 Å². The second kappa shape index (κ2) is 13.1. The summed E-state index contributed by atoms with van der Waals surface area (Å²) in [5.74, 6) is 5.47. The maximum Gasteiger partial charge on any atom is 0.323 e. The molecule has 0 unspecified atom stereocenters. The van der Waals surface area contributed by atoms with Gasteiger partial charge < -0.3 is 30.6 Å². The molecule has 2 aromatic heterocycles. The molecule has 39 heavy (non-hydrogen) atoms. The Bertz CT molecular complexity index is 1480. The van der Waals surface area contributed by atoms with Crippen molar-refractivity contribution in [3.63, 3.8) is 0 Å². The van der Waals surface area contributed by atoms with E-state index in [9.17, 15) is 9.59 Å². The average Bonchev–Trinajstić information content (AvgIpc) is 3.41. The van der Waals surface area contributed by atoms with Crippen molar-refractivity contribution in [2.75, 3.05) is 47.2 Å². The Kier molecular flexibility index (Phi) is 9.11. The van der Waals surface area contributed by atoms with Gasteiger partial charge in [0.05, 0.1) is 18.6 Å². The number of morpholine rings is 1. The average molecular weight is 526 g/mol. The Labute approximate surface area is 227 Å². The lowest BCUT2D eigenvalue weighted by Gasteiger charge is -2.27. The number of benzene rings is 2. The van der Waals surface area contributed by atoms with Gasteiger partial charge in [0.25, 0.3) is 5.91 Å². The number of carbonyl (C=O) groups excluding carboxylic acids is 2. The number of nitrogens with one attached hydrogen (secondary N) is 4. The summed E-state index contributed by atoms with van der Waals surface area (Å²) in [7, 11) is 0. The van der Waals surface area contributed by atoms with Crippen molar-refractivity contribution in [2.24, 2.45) is 0 Å². The maximum absolute atomic E-state index is 12.4. The number of anilines is 4. The van der Waals surface area contributed by atoms with Crippen LogP contribution in [0.25, 0.3) is 22.3 Å². The highest BCUT2D eigenvalue weighted by Gasteiger charge is 2.17. The fraction of sp³-hybridized carbons (Fsp3) is 0.241. The number of hydrogen-bond donors (Lipinski definition) is 4. The highest BCUT2D eigenvalue weighted by Crippen LogP contribution is 2.29. The van der Waals surface area contributed by atoms with Crippen LogP contribution in [0.15, 0.2) is 60.9 Å². The third-order valence-corrected chi connectivity index (χ3v) is 5.81. The molecule has 0 radical (unpaired) electrons. The lowest BCUT2D eigenvalue weighted by Crippen LogP contribution is -2.36. The normalized spacial score (nSPS) is 12.4. The van der Waals surface area contributed by atoms with Gasteiger partial charge >= 0.3 is 6.03 Å². The summed E-state index contributed by atoms with van der Waals surface area (Å²) >= 11 is 0. The number of fused-ring (bicyclic) bond motifs is 1. The molecular weight excluding hydrogens is 494 g/mol. The number of aromatic amines is 1. The Hall–Kier alpha value is -4.88. The number of H-pyrrole nitrogens is 1. The van der Waals surface area contributed by atoms with Crippen LogP contribution in [-0.2, 0) is 9.53 Å². The van der Waals surface area contributed by atoms with E-state index in [0.29, 0.717) is 30.3 Å². The van der Waals surface area contributed by atoms with Crippen molar-refractivity contribution in [3.05, 3.63) is 60.9 Å². The largest absolute Gasteiger partial charge is 0.378 e. The third kappa shape index (κ3) is 6.91. The second-order valence-electron chi connectivity index (χ2n) is 8.30. The molecule has 0 aliphatic carbocycles. The zero-order valence-corrected chi connectivity index (χ0v) is 22.2. The predicted molar refractivity (Wildman–Crippen MR) is 155 cm³/mol. The first-order chi connectivity index (χ1) is 19.1. The number of amides is 3. The fourth-order valence-corrected chi connectivity index (χ4v) is 4.05. The highest BCUT2D eigenvalue weighted by atomic mass is 16.5. The molecule has 0 spiro atoms. The molecule has 0 saturated carbocycles. The standard InChI is InChI=1S/C27H25N7O3.C2H6/c1-2-3-24(35)30-19-8-10-21(11-9-19)32-27(36)31-20-6-4-18(5-7-20)23-16-22-25(33-23)28-17-29-26(22)34-12-14-37-15-13-34;1-2/h4-11,16-17H,12-15H2,1H3,(H,30,35)(H,28,29,33)(H2,31,32,36);1-2H3. The van der Waals surface area contributed by atoms with Crippen molar-refractivity contribution in [3.8, 4) is 23.1 Å². The first kappa shape index (κ1) is 27.2. The summed E-state index contributed by atoms with van der Waals surface area (Å²) in [6, 6.07) is 16.0. The van der Waals surface area contributed by atoms with Crippen LogP contribution in [0.5, 0.6) is 0 Å². The summed E-state index contributed by atoms with van der Waals surface area (Å²) in [5, 5.41) is 9.21. The Balaban J connectivity index is 0.00000172. The first-order valence-electron chi connectivity index (χ1n) is 12.8. The molecule has 200 valence electrons. The minimum atomic E-state index is -0.387. The minimum Gasteiger partial charge on any atom is -0.378 e. The van der Waals surface area contributed by atoms with Crippen LogP contribution < -0.4 is 20.9 Å². The predicted octanol–water partition coefficient (Wildman–Crippen LogP) is 5.09. The Morgan fingerprint density at radius 3 is 2.10 bits per heavy atom. The summed E-state index contributed by atoms with van der Waals surface area (Å²) in [5.41, 5.74) is 4.48. The SMILES string of the molecule is CC.CC#CC(=O)Nc1ccc(NC(=O)Nc2ccc(-c3cc4c(N5CCOCC5)ncnc4[nH]3)cc2)cc1. The molecule has 1 fully saturated rings. The van der Waals surface area contributed by atoms with Gasteiger partial charge in [-0.1, -0.05) is 31.9 Å². The van der Waals surface area contributed by atoms with E-state index >= 15 is 0 Å². The van der Waals surface area contributed by atoms with E-state index in [1.807, 2.05) is 38.1 Å². The fourth-order valence-electron chi connectivity index (χ4n) is 4.05. The minimum absolute atomic E-state index is 0.377. The van der Waals surface area contributed by atoms with Crippen molar-refractivity contribution < 1.29 is 14.3 Å². The van der Waals surface area contributed by atoms with Gasteiger partial charge in [-0.05, 0) is 60.9 Å². The van der Waals surface area contributed by atoms with Gasteiger partial charge in [-0.15, -0.1) is 0 Å². The van der Waals surface area contributed by atoms with Crippen molar-refractivity contribution in [1.82, 2.24) is 15.0 Å². The van der Waals surface area contributed by atoms with Crippen molar-refractivity contribution in [2.45, 2.75) is 20.8 Å². The molecule has 10 nitrogen and oxygen atoms in total. The van der Waals surface area contributed by atoms with E-state index in [-0.39, 0.29) is 11.9 Å². The van der Waals surface area contributed by atoms with Crippen LogP contribution in [0.4, 0.5) is 27.7 Å². The third-order valence-electron chi connectivity index (χ3n) is 5.81. The van der Waals surface area contributed by atoms with Gasteiger partial charge in [-0.2, -0.15) is 0 Å². The van der Waals surface area contributed by atoms with Crippen LogP contribution in [0.1, 0.15) is 20.8 Å². The zero-order chi connectivity index (χ0) is 27.6. The Morgan fingerprint density at radius 1 is 0.897 bits per heavy atom. The maximum atomic E-state index is 12.4. The lowest BCUT2D eigenvalue weighted by atomic mass is 10.1. The topological polar surface area (TPSA) is 124 Å². The van der Waals surface area contributed by atoms with Crippen LogP contribution in [0, 0.1) is 11.8 Å². The molecule has 4 aromatic rings. The number of hydrogen-bond acceptors (Lipinski definition) is 6. The molecule has 3 heterocycles. The number of aromatic nitrogens is 3. The van der Waals surface area contributed by atoms with Crippen molar-refractivity contribution in [1.29, 1.82) is 0 Å². The summed E-state index contributed by atoms with van der Waals surface area (Å²) in [4.78, 5) is 38.5. The summed E-state index contributed by atoms with van der Waals surface area (Å²) in [6.07, 6.45) is 1.57. The molecule has 4 N–H and O–H groups in total. The first-order valence-corrected chi connectivity index (χ1v) is 12.8. The van der Waals surface area contributed by atoms with Gasteiger partial charge in [0.15, 0.2) is 0 Å². The van der Waals surface area contributed by atoms with Crippen LogP contribution >= 0.6 is 0 Å². The van der Waals surface area contributed by atoms with E-state index in [1.165, 1.54) is 0 Å². The summed E-state index contributed by atoms with van der Waals surface area (Å²) < 4.78 is 5.46. The number of carbonyl (C=O) groups is 2. The van der Waals surface area contributed by atoms with Gasteiger partial charge in [0.2, 0.25) is 0 Å². The Morgan fingerprint density at radius 2 is 1.49 bits per heavy atom. The zero-order valence-electron chi connectivity index (χ0n) is 22.2. The molecule has 10 heteroatoms. The molecule has 1 aliphatic heterocycles.